The summed E-state index contributed by atoms with van der Waals surface area (Å²) in [6, 6.07) is 4.81. The van der Waals surface area contributed by atoms with Crippen LogP contribution < -0.4 is 5.76 Å². The highest BCUT2D eigenvalue weighted by molar-refractivity contribution is 6.30. The molecule has 4 aromatic heterocycles. The van der Waals surface area contributed by atoms with Crippen molar-refractivity contribution in [1.82, 2.24) is 34.7 Å². The second-order valence-corrected chi connectivity index (χ2v) is 11.1. The SMILES string of the molecule is CC1CCC(Cn2c(C(C)(F)c3c(F)cccc3F)nc3nc(-c4n[nH]c(=O)o4)nc(-c4cncc(Cl)c4)c32)CC1. The third-order valence-corrected chi connectivity index (χ3v) is 7.85. The third-order valence-electron chi connectivity index (χ3n) is 7.64. The fraction of sp³-hybridized carbons (Fsp3) is 0.357. The molecule has 0 bridgehead atoms. The number of alkyl halides is 1. The molecule has 1 aliphatic rings. The van der Waals surface area contributed by atoms with E-state index < -0.39 is 28.6 Å². The first-order chi connectivity index (χ1) is 19.6. The maximum absolute atomic E-state index is 16.9. The van der Waals surface area contributed by atoms with Gasteiger partial charge in [-0.25, -0.2) is 38.0 Å². The van der Waals surface area contributed by atoms with E-state index >= 15 is 4.39 Å². The fourth-order valence-electron chi connectivity index (χ4n) is 5.56. The Morgan fingerprint density at radius 2 is 1.85 bits per heavy atom. The number of aromatic nitrogens is 7. The van der Waals surface area contributed by atoms with E-state index in [1.54, 1.807) is 10.6 Å². The lowest BCUT2D eigenvalue weighted by atomic mass is 9.83. The first kappa shape index (κ1) is 27.1. The van der Waals surface area contributed by atoms with Crippen LogP contribution in [0.3, 0.4) is 0 Å². The van der Waals surface area contributed by atoms with Crippen molar-refractivity contribution in [3.63, 3.8) is 0 Å². The van der Waals surface area contributed by atoms with Gasteiger partial charge in [-0.15, -0.1) is 5.10 Å². The molecule has 1 fully saturated rings. The molecule has 1 saturated carbocycles. The summed E-state index contributed by atoms with van der Waals surface area (Å²) in [4.78, 5) is 29.4. The van der Waals surface area contributed by atoms with Gasteiger partial charge < -0.3 is 8.98 Å². The van der Waals surface area contributed by atoms with Gasteiger partial charge in [-0.1, -0.05) is 37.4 Å². The summed E-state index contributed by atoms with van der Waals surface area (Å²) < 4.78 is 53.5. The third kappa shape index (κ3) is 5.01. The molecule has 0 spiro atoms. The Hall–Kier alpha value is -4.06. The predicted molar refractivity (Wildman–Crippen MR) is 145 cm³/mol. The second-order valence-electron chi connectivity index (χ2n) is 10.6. The summed E-state index contributed by atoms with van der Waals surface area (Å²) in [6.45, 7) is 3.59. The van der Waals surface area contributed by atoms with Gasteiger partial charge in [-0.2, -0.15) is 0 Å². The van der Waals surface area contributed by atoms with Crippen LogP contribution in [0.4, 0.5) is 13.2 Å². The van der Waals surface area contributed by atoms with Crippen LogP contribution in [0.15, 0.2) is 45.9 Å². The molecule has 0 radical (unpaired) electrons. The van der Waals surface area contributed by atoms with Crippen molar-refractivity contribution in [3.05, 3.63) is 75.3 Å². The zero-order valence-corrected chi connectivity index (χ0v) is 22.9. The summed E-state index contributed by atoms with van der Waals surface area (Å²) in [7, 11) is 0. The molecule has 0 amide bonds. The highest BCUT2D eigenvalue weighted by Crippen LogP contribution is 2.41. The first-order valence-electron chi connectivity index (χ1n) is 13.2. The number of hydrogen-bond acceptors (Lipinski definition) is 7. The van der Waals surface area contributed by atoms with Gasteiger partial charge in [-0.3, -0.25) is 4.98 Å². The van der Waals surface area contributed by atoms with Gasteiger partial charge in [0.15, 0.2) is 17.1 Å². The molecule has 212 valence electrons. The van der Waals surface area contributed by atoms with Crippen molar-refractivity contribution in [2.45, 2.75) is 51.7 Å². The maximum atomic E-state index is 16.9. The van der Waals surface area contributed by atoms with E-state index in [9.17, 15) is 13.6 Å². The van der Waals surface area contributed by atoms with Gasteiger partial charge in [0.2, 0.25) is 5.82 Å². The van der Waals surface area contributed by atoms with Gasteiger partial charge >= 0.3 is 5.76 Å². The van der Waals surface area contributed by atoms with Crippen molar-refractivity contribution in [2.24, 2.45) is 11.8 Å². The Bertz CT molecular complexity index is 1790. The van der Waals surface area contributed by atoms with E-state index in [1.165, 1.54) is 18.5 Å². The minimum atomic E-state index is -2.69. The lowest BCUT2D eigenvalue weighted by Gasteiger charge is -2.29. The molecule has 1 atom stereocenters. The van der Waals surface area contributed by atoms with E-state index in [2.05, 4.69) is 37.1 Å². The molecule has 0 aliphatic heterocycles. The number of aromatic amines is 1. The van der Waals surface area contributed by atoms with Crippen LogP contribution in [-0.4, -0.2) is 34.7 Å². The van der Waals surface area contributed by atoms with Crippen molar-refractivity contribution in [2.75, 3.05) is 0 Å². The average molecular weight is 584 g/mol. The lowest BCUT2D eigenvalue weighted by molar-refractivity contribution is 0.202. The van der Waals surface area contributed by atoms with E-state index in [-0.39, 0.29) is 34.8 Å². The summed E-state index contributed by atoms with van der Waals surface area (Å²) in [6.07, 6.45) is 6.76. The number of halogens is 4. The van der Waals surface area contributed by atoms with Crippen LogP contribution in [0, 0.1) is 23.5 Å². The molecule has 1 unspecified atom stereocenters. The Morgan fingerprint density at radius 1 is 1.12 bits per heavy atom. The second kappa shape index (κ2) is 10.4. The van der Waals surface area contributed by atoms with Gasteiger partial charge in [0, 0.05) is 24.5 Å². The summed E-state index contributed by atoms with van der Waals surface area (Å²) >= 11 is 6.26. The molecule has 0 saturated heterocycles. The Kier molecular flexibility index (Phi) is 6.88. The molecule has 1 N–H and O–H groups in total. The van der Waals surface area contributed by atoms with Crippen LogP contribution in [0.25, 0.3) is 34.1 Å². The number of nitrogens with one attached hydrogen (secondary N) is 1. The number of fused-ring (bicyclic) bond motifs is 1. The smallest absolute Gasteiger partial charge is 0.384 e. The Morgan fingerprint density at radius 3 is 2.51 bits per heavy atom. The highest BCUT2D eigenvalue weighted by Gasteiger charge is 2.41. The number of benzene rings is 1. The van der Waals surface area contributed by atoms with Gasteiger partial charge in [0.05, 0.1) is 10.6 Å². The molecule has 41 heavy (non-hydrogen) atoms. The van der Waals surface area contributed by atoms with Crippen molar-refractivity contribution >= 4 is 22.8 Å². The Balaban J connectivity index is 1.65. The zero-order chi connectivity index (χ0) is 28.9. The molecule has 1 aromatic carbocycles. The van der Waals surface area contributed by atoms with Gasteiger partial charge in [0.25, 0.3) is 5.89 Å². The average Bonchev–Trinajstić information content (AvgIpc) is 3.53. The molecule has 9 nitrogen and oxygen atoms in total. The summed E-state index contributed by atoms with van der Waals surface area (Å²) in [5.74, 6) is -2.72. The highest BCUT2D eigenvalue weighted by atomic mass is 35.5. The van der Waals surface area contributed by atoms with Gasteiger partial charge in [-0.05, 0) is 49.8 Å². The van der Waals surface area contributed by atoms with Crippen molar-refractivity contribution in [1.29, 1.82) is 0 Å². The summed E-state index contributed by atoms with van der Waals surface area (Å²) in [5.41, 5.74) is -2.39. The number of nitrogens with zero attached hydrogens (tertiary/aromatic N) is 6. The van der Waals surface area contributed by atoms with Gasteiger partial charge in [0.1, 0.15) is 22.8 Å². The topological polar surface area (TPSA) is 115 Å². The molecule has 4 heterocycles. The summed E-state index contributed by atoms with van der Waals surface area (Å²) in [5, 5.41) is 6.30. The van der Waals surface area contributed by atoms with Crippen LogP contribution in [0.1, 0.15) is 50.9 Å². The maximum Gasteiger partial charge on any atom is 0.434 e. The normalized spacial score (nSPS) is 19.0. The van der Waals surface area contributed by atoms with Crippen LogP contribution >= 0.6 is 11.6 Å². The number of pyridine rings is 1. The first-order valence-corrected chi connectivity index (χ1v) is 13.6. The van der Waals surface area contributed by atoms with Crippen molar-refractivity contribution < 1.29 is 17.6 Å². The van der Waals surface area contributed by atoms with Crippen LogP contribution in [0.5, 0.6) is 0 Å². The number of rotatable bonds is 6. The number of imidazole rings is 1. The molecule has 6 rings (SSSR count). The molecule has 13 heteroatoms. The van der Waals surface area contributed by atoms with E-state index in [4.69, 9.17) is 16.0 Å². The monoisotopic (exact) mass is 583 g/mol. The minimum Gasteiger partial charge on any atom is -0.384 e. The van der Waals surface area contributed by atoms with E-state index in [1.807, 2.05) is 0 Å². The molecule has 1 aliphatic carbocycles. The quantitative estimate of drug-likeness (QED) is 0.252. The minimum absolute atomic E-state index is 0.0235. The lowest BCUT2D eigenvalue weighted by Crippen LogP contribution is -2.28. The molecular formula is C28H25ClF3N7O2. The number of hydrogen-bond donors (Lipinski definition) is 1. The standard InChI is InChI=1S/C28H25ClF3N7O2/c1-14-6-8-15(9-7-14)13-39-22-21(16-10-17(29)12-33-11-16)34-24(25-37-38-27(40)41-25)35-23(22)36-26(39)28(2,32)20-18(30)4-3-5-19(20)31/h3-5,10-12,14-15H,6-9,13H2,1-2H3,(H,38,40). The molecular weight excluding hydrogens is 559 g/mol. The molecule has 5 aromatic rings. The fourth-order valence-corrected chi connectivity index (χ4v) is 5.74. The van der Waals surface area contributed by atoms with Crippen molar-refractivity contribution in [3.8, 4) is 23.0 Å². The van der Waals surface area contributed by atoms with E-state index in [0.29, 0.717) is 28.6 Å². The largest absolute Gasteiger partial charge is 0.434 e. The van der Waals surface area contributed by atoms with Crippen LogP contribution in [0.2, 0.25) is 5.02 Å². The van der Waals surface area contributed by atoms with Crippen LogP contribution in [-0.2, 0) is 12.2 Å². The Labute approximate surface area is 236 Å². The number of H-pyrrole nitrogens is 1. The predicted octanol–water partition coefficient (Wildman–Crippen LogP) is 6.22. The van der Waals surface area contributed by atoms with E-state index in [0.717, 1.165) is 44.7 Å². The zero-order valence-electron chi connectivity index (χ0n) is 22.2.